The molecule has 0 heterocycles. The zero-order chi connectivity index (χ0) is 14.5. The van der Waals surface area contributed by atoms with Crippen LogP contribution < -0.4 is 0 Å². The fourth-order valence-electron chi connectivity index (χ4n) is 2.14. The molecule has 0 aliphatic heterocycles. The number of hydrogen-bond acceptors (Lipinski definition) is 3. The van der Waals surface area contributed by atoms with Crippen LogP contribution in [0.3, 0.4) is 0 Å². The normalized spacial score (nSPS) is 24.1. The molecule has 0 amide bonds. The van der Waals surface area contributed by atoms with E-state index in [4.69, 9.17) is 14.2 Å². The van der Waals surface area contributed by atoms with Gasteiger partial charge in [0.25, 0.3) is 0 Å². The molecule has 0 saturated carbocycles. The molecule has 1 unspecified atom stereocenters. The second kappa shape index (κ2) is 7.02. The van der Waals surface area contributed by atoms with Crippen molar-refractivity contribution >= 4 is 15.9 Å². The average Bonchev–Trinajstić information content (AvgIpc) is 2.26. The molecule has 0 radical (unpaired) electrons. The molecule has 1 atom stereocenters. The van der Waals surface area contributed by atoms with Gasteiger partial charge in [-0.15, -0.1) is 0 Å². The lowest BCUT2D eigenvalue weighted by Gasteiger charge is -2.39. The molecule has 0 aromatic heterocycles. The van der Waals surface area contributed by atoms with Crippen LogP contribution in [-0.4, -0.2) is 31.6 Å². The van der Waals surface area contributed by atoms with Gasteiger partial charge >= 0.3 is 0 Å². The highest BCUT2D eigenvalue weighted by atomic mass is 79.9. The van der Waals surface area contributed by atoms with Crippen LogP contribution in [0.15, 0.2) is 23.3 Å². The first-order valence-electron chi connectivity index (χ1n) is 6.57. The molecule has 0 spiro atoms. The zero-order valence-corrected chi connectivity index (χ0v) is 14.2. The summed E-state index contributed by atoms with van der Waals surface area (Å²) in [6.07, 6.45) is 5.15. The molecule has 0 N–H and O–H groups in total. The molecule has 110 valence electrons. The summed E-state index contributed by atoms with van der Waals surface area (Å²) in [6.45, 7) is 10.1. The van der Waals surface area contributed by atoms with Crippen molar-refractivity contribution in [3.05, 3.63) is 23.3 Å². The molecule has 1 aliphatic carbocycles. The molecule has 1 aliphatic rings. The quantitative estimate of drug-likeness (QED) is 0.417. The fourth-order valence-corrected chi connectivity index (χ4v) is 3.40. The molecule has 3 nitrogen and oxygen atoms in total. The van der Waals surface area contributed by atoms with E-state index < -0.39 is 4.51 Å². The van der Waals surface area contributed by atoms with Crippen molar-refractivity contribution in [2.45, 2.75) is 38.6 Å². The van der Waals surface area contributed by atoms with E-state index in [1.54, 1.807) is 7.11 Å². The predicted octanol–water partition coefficient (Wildman–Crippen LogP) is 4.04. The van der Waals surface area contributed by atoms with Gasteiger partial charge in [0.2, 0.25) is 0 Å². The van der Waals surface area contributed by atoms with Crippen molar-refractivity contribution in [3.63, 3.8) is 0 Å². The van der Waals surface area contributed by atoms with E-state index in [2.05, 4.69) is 55.8 Å². The Bertz CT molecular complexity index is 355. The second-order valence-electron chi connectivity index (χ2n) is 5.91. The molecule has 0 aromatic carbocycles. The van der Waals surface area contributed by atoms with Crippen molar-refractivity contribution in [3.8, 4) is 0 Å². The van der Waals surface area contributed by atoms with E-state index in [0.29, 0.717) is 13.2 Å². The minimum atomic E-state index is -0.461. The lowest BCUT2D eigenvalue weighted by molar-refractivity contribution is -0.100. The van der Waals surface area contributed by atoms with Crippen LogP contribution in [0.4, 0.5) is 0 Å². The van der Waals surface area contributed by atoms with Crippen LogP contribution in [0, 0.1) is 5.41 Å². The van der Waals surface area contributed by atoms with Gasteiger partial charge in [0.15, 0.2) is 4.51 Å². The summed E-state index contributed by atoms with van der Waals surface area (Å²) < 4.78 is 15.8. The Morgan fingerprint density at radius 1 is 1.26 bits per heavy atom. The van der Waals surface area contributed by atoms with Gasteiger partial charge in [0.1, 0.15) is 6.79 Å². The highest BCUT2D eigenvalue weighted by Crippen LogP contribution is 2.46. The van der Waals surface area contributed by atoms with E-state index >= 15 is 0 Å². The summed E-state index contributed by atoms with van der Waals surface area (Å²) in [5, 5.41) is 0. The highest BCUT2D eigenvalue weighted by molar-refractivity contribution is 9.10. The maximum Gasteiger partial charge on any atom is 0.151 e. The Kier molecular flexibility index (Phi) is 6.24. The maximum atomic E-state index is 5.96. The van der Waals surface area contributed by atoms with Crippen molar-refractivity contribution in [2.75, 3.05) is 27.1 Å². The van der Waals surface area contributed by atoms with Crippen LogP contribution in [0.2, 0.25) is 0 Å². The first kappa shape index (κ1) is 16.9. The minimum absolute atomic E-state index is 0.0488. The van der Waals surface area contributed by atoms with Crippen molar-refractivity contribution in [1.29, 1.82) is 0 Å². The van der Waals surface area contributed by atoms with Crippen LogP contribution in [0.1, 0.15) is 34.1 Å². The molecule has 4 heteroatoms. The van der Waals surface area contributed by atoms with Crippen LogP contribution in [-0.2, 0) is 14.2 Å². The third-order valence-corrected chi connectivity index (χ3v) is 3.99. The molecular weight excluding hydrogens is 308 g/mol. The summed E-state index contributed by atoms with van der Waals surface area (Å²) in [5.74, 6) is 0. The SMILES string of the molecule is COCCOCOC1(Br)CC(C)=CC=C1C(C)(C)C. The summed E-state index contributed by atoms with van der Waals surface area (Å²) in [6, 6.07) is 0. The Balaban J connectivity index is 2.66. The van der Waals surface area contributed by atoms with Crippen molar-refractivity contribution < 1.29 is 14.2 Å². The first-order valence-corrected chi connectivity index (χ1v) is 7.37. The van der Waals surface area contributed by atoms with Gasteiger partial charge in [0.05, 0.1) is 13.2 Å². The number of alkyl halides is 1. The lowest BCUT2D eigenvalue weighted by atomic mass is 9.79. The van der Waals surface area contributed by atoms with Crippen LogP contribution >= 0.6 is 15.9 Å². The van der Waals surface area contributed by atoms with Crippen molar-refractivity contribution in [2.24, 2.45) is 5.41 Å². The van der Waals surface area contributed by atoms with E-state index in [1.165, 1.54) is 11.1 Å². The minimum Gasteiger partial charge on any atom is -0.382 e. The van der Waals surface area contributed by atoms with E-state index in [9.17, 15) is 0 Å². The molecule has 1 rings (SSSR count). The third-order valence-electron chi connectivity index (χ3n) is 3.05. The molecule has 0 aromatic rings. The Labute approximate surface area is 125 Å². The number of allylic oxidation sites excluding steroid dienone is 2. The van der Waals surface area contributed by atoms with Gasteiger partial charge in [-0.25, -0.2) is 0 Å². The molecule has 0 saturated heterocycles. The molecule has 0 bridgehead atoms. The number of methoxy groups -OCH3 is 1. The lowest BCUT2D eigenvalue weighted by Crippen LogP contribution is -2.36. The third kappa shape index (κ3) is 5.03. The maximum absolute atomic E-state index is 5.96. The van der Waals surface area contributed by atoms with Gasteiger partial charge in [0, 0.05) is 13.5 Å². The van der Waals surface area contributed by atoms with Gasteiger partial charge in [-0.05, 0) is 33.8 Å². The van der Waals surface area contributed by atoms with Gasteiger partial charge in [-0.3, -0.25) is 0 Å². The van der Waals surface area contributed by atoms with Gasteiger partial charge in [-0.1, -0.05) is 38.5 Å². The number of rotatable bonds is 6. The smallest absolute Gasteiger partial charge is 0.151 e. The van der Waals surface area contributed by atoms with Gasteiger partial charge < -0.3 is 14.2 Å². The Morgan fingerprint density at radius 3 is 2.53 bits per heavy atom. The van der Waals surface area contributed by atoms with Crippen LogP contribution in [0.5, 0.6) is 0 Å². The van der Waals surface area contributed by atoms with E-state index in [1.807, 2.05) is 0 Å². The fraction of sp³-hybridized carbons (Fsp3) is 0.733. The standard InChI is InChI=1S/C15H25BrO3/c1-12-6-7-13(14(2,3)4)15(16,10-12)19-11-18-9-8-17-5/h6-7H,8-11H2,1-5H3. The topological polar surface area (TPSA) is 27.7 Å². The van der Waals surface area contributed by atoms with E-state index in [-0.39, 0.29) is 12.2 Å². The van der Waals surface area contributed by atoms with Gasteiger partial charge in [-0.2, -0.15) is 0 Å². The monoisotopic (exact) mass is 332 g/mol. The summed E-state index contributed by atoms with van der Waals surface area (Å²) >= 11 is 3.77. The van der Waals surface area contributed by atoms with E-state index in [0.717, 1.165) is 6.42 Å². The highest BCUT2D eigenvalue weighted by Gasteiger charge is 2.40. The van der Waals surface area contributed by atoms with Crippen LogP contribution in [0.25, 0.3) is 0 Å². The molecule has 19 heavy (non-hydrogen) atoms. The summed E-state index contributed by atoms with van der Waals surface area (Å²) in [7, 11) is 1.66. The Morgan fingerprint density at radius 2 is 1.95 bits per heavy atom. The number of ether oxygens (including phenoxy) is 3. The predicted molar refractivity (Wildman–Crippen MR) is 81.4 cm³/mol. The molecule has 0 fully saturated rings. The first-order chi connectivity index (χ1) is 8.79. The van der Waals surface area contributed by atoms with Crippen molar-refractivity contribution in [1.82, 2.24) is 0 Å². The number of halogens is 1. The second-order valence-corrected chi connectivity index (χ2v) is 7.19. The molecular formula is C15H25BrO3. The zero-order valence-electron chi connectivity index (χ0n) is 12.6. The summed E-state index contributed by atoms with van der Waals surface area (Å²) in [4.78, 5) is 0. The average molecular weight is 333 g/mol. The Hall–Kier alpha value is -0.160. The largest absolute Gasteiger partial charge is 0.382 e. The summed E-state index contributed by atoms with van der Waals surface area (Å²) in [5.41, 5.74) is 2.58. The number of hydrogen-bond donors (Lipinski definition) is 0.